The van der Waals surface area contributed by atoms with Crippen molar-refractivity contribution in [2.75, 3.05) is 13.2 Å². The summed E-state index contributed by atoms with van der Waals surface area (Å²) in [5.41, 5.74) is 5.57. The van der Waals surface area contributed by atoms with Crippen LogP contribution in [-0.4, -0.2) is 42.3 Å². The van der Waals surface area contributed by atoms with E-state index in [0.717, 1.165) is 35.6 Å². The molecule has 1 unspecified atom stereocenters. The SMILES string of the molecule is CCOC(=O)C1=C(C)N(C[C@@H]2CC[C@@H](Cc3ccc(-c4ccccc4)cc3)O2)C(=O)NC1c1cccc2ccccc12. The van der Waals surface area contributed by atoms with Gasteiger partial charge in [0.2, 0.25) is 0 Å². The predicted molar refractivity (Wildman–Crippen MR) is 165 cm³/mol. The highest BCUT2D eigenvalue weighted by atomic mass is 16.5. The number of hydrogen-bond acceptors (Lipinski definition) is 4. The Morgan fingerprint density at radius 2 is 1.57 bits per heavy atom. The molecule has 2 aliphatic rings. The van der Waals surface area contributed by atoms with Crippen molar-refractivity contribution in [3.8, 4) is 11.1 Å². The van der Waals surface area contributed by atoms with Crippen LogP contribution in [0.4, 0.5) is 4.79 Å². The molecule has 6 nitrogen and oxygen atoms in total. The van der Waals surface area contributed by atoms with Crippen LogP contribution < -0.4 is 5.32 Å². The van der Waals surface area contributed by atoms with Crippen LogP contribution in [0.5, 0.6) is 0 Å². The summed E-state index contributed by atoms with van der Waals surface area (Å²) in [5.74, 6) is -0.415. The zero-order valence-corrected chi connectivity index (χ0v) is 24.1. The molecule has 0 radical (unpaired) electrons. The van der Waals surface area contributed by atoms with Crippen LogP contribution in [-0.2, 0) is 20.7 Å². The van der Waals surface area contributed by atoms with Crippen LogP contribution in [0.25, 0.3) is 21.9 Å². The lowest BCUT2D eigenvalue weighted by Gasteiger charge is -2.36. The Kier molecular flexibility index (Phi) is 8.06. The van der Waals surface area contributed by atoms with Crippen molar-refractivity contribution in [2.24, 2.45) is 0 Å². The van der Waals surface area contributed by atoms with E-state index < -0.39 is 12.0 Å². The van der Waals surface area contributed by atoms with Crippen molar-refractivity contribution >= 4 is 22.8 Å². The molecule has 6 heteroatoms. The summed E-state index contributed by atoms with van der Waals surface area (Å²) in [6.07, 6.45) is 2.57. The smallest absolute Gasteiger partial charge is 0.338 e. The maximum atomic E-state index is 13.5. The second-order valence-corrected chi connectivity index (χ2v) is 11.0. The lowest BCUT2D eigenvalue weighted by atomic mass is 9.91. The number of urea groups is 1. The van der Waals surface area contributed by atoms with E-state index in [1.807, 2.05) is 55.5 Å². The Bertz CT molecular complexity index is 1610. The van der Waals surface area contributed by atoms with Gasteiger partial charge in [-0.15, -0.1) is 0 Å². The quantitative estimate of drug-likeness (QED) is 0.232. The number of amides is 2. The standard InChI is InChI=1S/C36H36N2O4/c1-3-41-35(39)33-24(2)38(36(40)37-34(33)32-15-9-13-28-12-7-8-14-31(28)32)23-30-21-20-29(42-30)22-25-16-18-27(19-17-25)26-10-5-4-6-11-26/h4-19,29-30,34H,3,20-23H2,1-2H3,(H,37,40)/t29-,30-,34?/m0/s1. The molecular formula is C36H36N2O4. The van der Waals surface area contributed by atoms with Gasteiger partial charge in [-0.25, -0.2) is 9.59 Å². The summed E-state index contributed by atoms with van der Waals surface area (Å²) in [6.45, 7) is 4.27. The van der Waals surface area contributed by atoms with Gasteiger partial charge >= 0.3 is 12.0 Å². The van der Waals surface area contributed by atoms with E-state index >= 15 is 0 Å². The van der Waals surface area contributed by atoms with E-state index in [2.05, 4.69) is 53.8 Å². The molecule has 42 heavy (non-hydrogen) atoms. The van der Waals surface area contributed by atoms with Crippen LogP contribution >= 0.6 is 0 Å². The summed E-state index contributed by atoms with van der Waals surface area (Å²) in [5, 5.41) is 5.15. The van der Waals surface area contributed by atoms with Crippen molar-refractivity contribution < 1.29 is 19.1 Å². The van der Waals surface area contributed by atoms with Crippen LogP contribution in [0.15, 0.2) is 108 Å². The molecule has 0 aromatic heterocycles. The number of nitrogens with one attached hydrogen (secondary N) is 1. The third kappa shape index (κ3) is 5.68. The first kappa shape index (κ1) is 27.7. The lowest BCUT2D eigenvalue weighted by molar-refractivity contribution is -0.139. The number of carbonyl (C=O) groups is 2. The molecule has 2 aliphatic heterocycles. The number of hydrogen-bond donors (Lipinski definition) is 1. The number of ether oxygens (including phenoxy) is 2. The first-order valence-corrected chi connectivity index (χ1v) is 14.7. The normalized spacial score (nSPS) is 20.6. The highest BCUT2D eigenvalue weighted by Crippen LogP contribution is 2.36. The summed E-state index contributed by atoms with van der Waals surface area (Å²) < 4.78 is 11.9. The number of allylic oxidation sites excluding steroid dienone is 1. The maximum absolute atomic E-state index is 13.5. The number of benzene rings is 4. The van der Waals surface area contributed by atoms with Gasteiger partial charge in [-0.1, -0.05) is 97.1 Å². The molecule has 0 saturated carbocycles. The topological polar surface area (TPSA) is 67.9 Å². The number of nitrogens with zero attached hydrogens (tertiary/aromatic N) is 1. The fraction of sp³-hybridized carbons (Fsp3) is 0.278. The minimum absolute atomic E-state index is 0.0858. The summed E-state index contributed by atoms with van der Waals surface area (Å²) in [4.78, 5) is 28.5. The monoisotopic (exact) mass is 560 g/mol. The zero-order chi connectivity index (χ0) is 29.1. The molecule has 214 valence electrons. The summed E-state index contributed by atoms with van der Waals surface area (Å²) in [7, 11) is 0. The second-order valence-electron chi connectivity index (χ2n) is 11.0. The van der Waals surface area contributed by atoms with Gasteiger partial charge in [0.1, 0.15) is 0 Å². The van der Waals surface area contributed by atoms with E-state index in [1.165, 1.54) is 16.7 Å². The van der Waals surface area contributed by atoms with Gasteiger partial charge in [-0.05, 0) is 66.1 Å². The van der Waals surface area contributed by atoms with Crippen molar-refractivity contribution in [3.63, 3.8) is 0 Å². The Morgan fingerprint density at radius 1 is 0.881 bits per heavy atom. The van der Waals surface area contributed by atoms with Crippen molar-refractivity contribution in [1.29, 1.82) is 0 Å². The molecule has 2 heterocycles. The van der Waals surface area contributed by atoms with Crippen LogP contribution in [0.2, 0.25) is 0 Å². The number of fused-ring (bicyclic) bond motifs is 1. The molecule has 1 fully saturated rings. The highest BCUT2D eigenvalue weighted by Gasteiger charge is 2.39. The third-order valence-corrected chi connectivity index (χ3v) is 8.33. The Hall–Kier alpha value is -4.42. The van der Waals surface area contributed by atoms with Crippen molar-refractivity contribution in [3.05, 3.63) is 119 Å². The van der Waals surface area contributed by atoms with Crippen molar-refractivity contribution in [1.82, 2.24) is 10.2 Å². The lowest BCUT2D eigenvalue weighted by Crippen LogP contribution is -2.50. The Labute approximate surface area is 246 Å². The molecule has 6 rings (SSSR count). The minimum Gasteiger partial charge on any atom is -0.463 e. The fourth-order valence-corrected chi connectivity index (χ4v) is 6.20. The highest BCUT2D eigenvalue weighted by molar-refractivity contribution is 5.97. The van der Waals surface area contributed by atoms with E-state index in [9.17, 15) is 9.59 Å². The van der Waals surface area contributed by atoms with Crippen LogP contribution in [0, 0.1) is 0 Å². The first-order valence-electron chi connectivity index (χ1n) is 14.7. The molecular weight excluding hydrogens is 524 g/mol. The largest absolute Gasteiger partial charge is 0.463 e. The summed E-state index contributed by atoms with van der Waals surface area (Å²) in [6, 6.07) is 32.1. The molecule has 4 aromatic carbocycles. The minimum atomic E-state index is -0.602. The van der Waals surface area contributed by atoms with E-state index in [-0.39, 0.29) is 24.8 Å². The van der Waals surface area contributed by atoms with Gasteiger partial charge in [0.05, 0.1) is 37.0 Å². The van der Waals surface area contributed by atoms with Gasteiger partial charge in [0.15, 0.2) is 0 Å². The van der Waals surface area contributed by atoms with Crippen LogP contribution in [0.3, 0.4) is 0 Å². The molecule has 4 aromatic rings. The van der Waals surface area contributed by atoms with Gasteiger partial charge in [-0.2, -0.15) is 0 Å². The van der Waals surface area contributed by atoms with E-state index in [4.69, 9.17) is 9.47 Å². The third-order valence-electron chi connectivity index (χ3n) is 8.33. The molecule has 2 amide bonds. The average Bonchev–Trinajstić information content (AvgIpc) is 3.46. The zero-order valence-electron chi connectivity index (χ0n) is 24.1. The molecule has 0 aliphatic carbocycles. The number of rotatable bonds is 8. The second kappa shape index (κ2) is 12.2. The average molecular weight is 561 g/mol. The number of esters is 1. The Balaban J connectivity index is 1.18. The fourth-order valence-electron chi connectivity index (χ4n) is 6.20. The molecule has 3 atom stereocenters. The molecule has 1 N–H and O–H groups in total. The van der Waals surface area contributed by atoms with Crippen LogP contribution in [0.1, 0.15) is 43.9 Å². The molecule has 0 spiro atoms. The van der Waals surface area contributed by atoms with E-state index in [1.54, 1.807) is 11.8 Å². The Morgan fingerprint density at radius 3 is 2.36 bits per heavy atom. The molecule has 0 bridgehead atoms. The van der Waals surface area contributed by atoms with Gasteiger partial charge < -0.3 is 14.8 Å². The molecule has 1 saturated heterocycles. The summed E-state index contributed by atoms with van der Waals surface area (Å²) >= 11 is 0. The van der Waals surface area contributed by atoms with Gasteiger partial charge in [0.25, 0.3) is 0 Å². The first-order chi connectivity index (χ1) is 20.5. The number of carbonyl (C=O) groups excluding carboxylic acids is 2. The van der Waals surface area contributed by atoms with Gasteiger partial charge in [-0.3, -0.25) is 4.90 Å². The predicted octanol–water partition coefficient (Wildman–Crippen LogP) is 7.20. The van der Waals surface area contributed by atoms with E-state index in [0.29, 0.717) is 17.8 Å². The maximum Gasteiger partial charge on any atom is 0.338 e. The van der Waals surface area contributed by atoms with Crippen molar-refractivity contribution in [2.45, 2.75) is 51.4 Å². The van der Waals surface area contributed by atoms with Gasteiger partial charge in [0, 0.05) is 5.70 Å².